The Hall–Kier alpha value is -1.98. The van der Waals surface area contributed by atoms with E-state index in [1.165, 1.54) is 12.3 Å². The van der Waals surface area contributed by atoms with Crippen LogP contribution in [0.15, 0.2) is 36.5 Å². The lowest BCUT2D eigenvalue weighted by atomic mass is 10.3. The zero-order valence-electron chi connectivity index (χ0n) is 10.5. The van der Waals surface area contributed by atoms with Crippen LogP contribution in [0.1, 0.15) is 5.69 Å². The molecule has 0 fully saturated rings. The standard InChI is InChI=1S/C13H11Cl2N3O2/c1-8-6-10(4-5-18(8)20)17-13(19)16-9-2-3-11(14)12(15)7-9/h2-7H,1H3,(H2,16,17,19). The number of urea groups is 1. The topological polar surface area (TPSA) is 68.1 Å². The van der Waals surface area contributed by atoms with Gasteiger partial charge in [0, 0.05) is 24.7 Å². The van der Waals surface area contributed by atoms with Gasteiger partial charge in [-0.2, -0.15) is 4.73 Å². The number of carbonyl (C=O) groups is 1. The molecule has 1 aromatic heterocycles. The van der Waals surface area contributed by atoms with Crippen LogP contribution in [0.4, 0.5) is 16.2 Å². The summed E-state index contributed by atoms with van der Waals surface area (Å²) >= 11 is 11.6. The second kappa shape index (κ2) is 5.98. The maximum Gasteiger partial charge on any atom is 0.323 e. The summed E-state index contributed by atoms with van der Waals surface area (Å²) in [5.74, 6) is 0. The van der Waals surface area contributed by atoms with Gasteiger partial charge < -0.3 is 15.8 Å². The van der Waals surface area contributed by atoms with Crippen LogP contribution >= 0.6 is 23.2 Å². The number of aryl methyl sites for hydroxylation is 1. The lowest BCUT2D eigenvalue weighted by Crippen LogP contribution is -2.29. The fraction of sp³-hybridized carbons (Fsp3) is 0.0769. The molecule has 5 nitrogen and oxygen atoms in total. The number of aromatic nitrogens is 1. The van der Waals surface area contributed by atoms with Crippen molar-refractivity contribution in [2.45, 2.75) is 6.92 Å². The molecule has 1 aromatic carbocycles. The summed E-state index contributed by atoms with van der Waals surface area (Å²) in [6, 6.07) is 7.41. The van der Waals surface area contributed by atoms with E-state index < -0.39 is 6.03 Å². The van der Waals surface area contributed by atoms with Crippen LogP contribution in [-0.2, 0) is 0 Å². The van der Waals surface area contributed by atoms with E-state index in [9.17, 15) is 10.0 Å². The average Bonchev–Trinajstić information content (AvgIpc) is 2.38. The maximum atomic E-state index is 11.8. The Balaban J connectivity index is 2.04. The molecule has 0 aliphatic heterocycles. The Kier molecular flexibility index (Phi) is 4.32. The molecule has 0 spiro atoms. The van der Waals surface area contributed by atoms with Crippen molar-refractivity contribution in [2.75, 3.05) is 10.6 Å². The van der Waals surface area contributed by atoms with Crippen LogP contribution in [0.3, 0.4) is 0 Å². The molecule has 0 radical (unpaired) electrons. The van der Waals surface area contributed by atoms with Gasteiger partial charge in [0.05, 0.1) is 15.7 Å². The molecule has 1 heterocycles. The van der Waals surface area contributed by atoms with Crippen LogP contribution < -0.4 is 15.4 Å². The van der Waals surface area contributed by atoms with Gasteiger partial charge in [0.25, 0.3) is 0 Å². The zero-order valence-corrected chi connectivity index (χ0v) is 12.0. The highest BCUT2D eigenvalue weighted by atomic mass is 35.5. The van der Waals surface area contributed by atoms with Crippen LogP contribution in [0.5, 0.6) is 0 Å². The molecular formula is C13H11Cl2N3O2. The number of rotatable bonds is 2. The number of nitrogens with one attached hydrogen (secondary N) is 2. The number of hydrogen-bond acceptors (Lipinski definition) is 2. The van der Waals surface area contributed by atoms with E-state index in [2.05, 4.69) is 10.6 Å². The van der Waals surface area contributed by atoms with Crippen molar-refractivity contribution < 1.29 is 9.52 Å². The van der Waals surface area contributed by atoms with Gasteiger partial charge in [-0.15, -0.1) is 0 Å². The number of halogens is 2. The second-order valence-electron chi connectivity index (χ2n) is 4.09. The SMILES string of the molecule is Cc1cc(NC(=O)Nc2ccc(Cl)c(Cl)c2)cc[n+]1[O-]. The maximum absolute atomic E-state index is 11.8. The van der Waals surface area contributed by atoms with Gasteiger partial charge in [0.15, 0.2) is 11.9 Å². The van der Waals surface area contributed by atoms with Crippen molar-refractivity contribution in [2.24, 2.45) is 0 Å². The monoisotopic (exact) mass is 311 g/mol. The summed E-state index contributed by atoms with van der Waals surface area (Å²) in [5.41, 5.74) is 1.52. The fourth-order valence-corrected chi connectivity index (χ4v) is 1.85. The minimum Gasteiger partial charge on any atom is -0.619 e. The highest BCUT2D eigenvalue weighted by molar-refractivity contribution is 6.42. The van der Waals surface area contributed by atoms with Crippen molar-refractivity contribution in [3.63, 3.8) is 0 Å². The average molecular weight is 312 g/mol. The molecular weight excluding hydrogens is 301 g/mol. The Morgan fingerprint density at radius 1 is 1.10 bits per heavy atom. The van der Waals surface area contributed by atoms with Crippen molar-refractivity contribution in [3.05, 3.63) is 57.5 Å². The Morgan fingerprint density at radius 3 is 2.35 bits per heavy atom. The minimum atomic E-state index is -0.438. The first-order valence-electron chi connectivity index (χ1n) is 5.68. The fourth-order valence-electron chi connectivity index (χ4n) is 1.55. The highest BCUT2D eigenvalue weighted by Gasteiger charge is 2.07. The molecule has 0 bridgehead atoms. The first-order chi connectivity index (χ1) is 9.45. The van der Waals surface area contributed by atoms with Crippen molar-refractivity contribution in [3.8, 4) is 0 Å². The van der Waals surface area contributed by atoms with Crippen LogP contribution in [-0.4, -0.2) is 6.03 Å². The number of nitrogens with zero attached hydrogens (tertiary/aromatic N) is 1. The Morgan fingerprint density at radius 2 is 1.75 bits per heavy atom. The molecule has 0 unspecified atom stereocenters. The quantitative estimate of drug-likeness (QED) is 0.657. The summed E-state index contributed by atoms with van der Waals surface area (Å²) < 4.78 is 0.710. The normalized spacial score (nSPS) is 10.2. The van der Waals surface area contributed by atoms with Gasteiger partial charge in [0.2, 0.25) is 0 Å². The number of benzene rings is 1. The smallest absolute Gasteiger partial charge is 0.323 e. The molecule has 0 atom stereocenters. The zero-order chi connectivity index (χ0) is 14.7. The van der Waals surface area contributed by atoms with Gasteiger partial charge in [-0.3, -0.25) is 0 Å². The third kappa shape index (κ3) is 3.53. The van der Waals surface area contributed by atoms with Crippen molar-refractivity contribution >= 4 is 40.6 Å². The lowest BCUT2D eigenvalue weighted by molar-refractivity contribution is -0.612. The molecule has 2 aromatic rings. The predicted octanol–water partition coefficient (Wildman–Crippen LogP) is 3.58. The minimum absolute atomic E-state index is 0.354. The van der Waals surface area contributed by atoms with Crippen molar-refractivity contribution in [1.82, 2.24) is 0 Å². The number of pyridine rings is 1. The first-order valence-corrected chi connectivity index (χ1v) is 6.44. The Labute approximate surface area is 125 Å². The predicted molar refractivity (Wildman–Crippen MR) is 79.2 cm³/mol. The van der Waals surface area contributed by atoms with Gasteiger partial charge in [-0.05, 0) is 18.2 Å². The van der Waals surface area contributed by atoms with Crippen LogP contribution in [0.2, 0.25) is 10.0 Å². The molecule has 7 heteroatoms. The molecule has 104 valence electrons. The summed E-state index contributed by atoms with van der Waals surface area (Å²) in [6.07, 6.45) is 1.32. The van der Waals surface area contributed by atoms with E-state index in [1.807, 2.05) is 0 Å². The highest BCUT2D eigenvalue weighted by Crippen LogP contribution is 2.25. The summed E-state index contributed by atoms with van der Waals surface area (Å²) in [4.78, 5) is 11.8. The van der Waals surface area contributed by atoms with Crippen molar-refractivity contribution in [1.29, 1.82) is 0 Å². The number of hydrogen-bond donors (Lipinski definition) is 2. The second-order valence-corrected chi connectivity index (χ2v) is 4.91. The summed E-state index contributed by atoms with van der Waals surface area (Å²) in [6.45, 7) is 1.65. The molecule has 0 aliphatic rings. The van der Waals surface area contributed by atoms with E-state index in [0.717, 1.165) is 0 Å². The number of anilines is 2. The number of amides is 2. The first kappa shape index (κ1) is 14.4. The van der Waals surface area contributed by atoms with E-state index in [0.29, 0.717) is 31.8 Å². The molecule has 2 rings (SSSR count). The van der Waals surface area contributed by atoms with Crippen LogP contribution in [0, 0.1) is 12.1 Å². The van der Waals surface area contributed by atoms with E-state index in [4.69, 9.17) is 23.2 Å². The van der Waals surface area contributed by atoms with Gasteiger partial charge in [-0.25, -0.2) is 4.79 Å². The number of carbonyl (C=O) groups excluding carboxylic acids is 1. The molecule has 2 N–H and O–H groups in total. The summed E-state index contributed by atoms with van der Waals surface area (Å²) in [5, 5.41) is 17.2. The molecule has 0 saturated heterocycles. The Bertz CT molecular complexity index is 607. The van der Waals surface area contributed by atoms with Crippen LogP contribution in [0.25, 0.3) is 0 Å². The van der Waals surface area contributed by atoms with E-state index in [-0.39, 0.29) is 0 Å². The molecule has 20 heavy (non-hydrogen) atoms. The molecule has 0 saturated carbocycles. The van der Waals surface area contributed by atoms with Gasteiger partial charge in [0.1, 0.15) is 0 Å². The third-order valence-electron chi connectivity index (χ3n) is 2.54. The third-order valence-corrected chi connectivity index (χ3v) is 3.28. The molecule has 2 amide bonds. The largest absolute Gasteiger partial charge is 0.619 e. The van der Waals surface area contributed by atoms with Gasteiger partial charge in [-0.1, -0.05) is 23.2 Å². The van der Waals surface area contributed by atoms with E-state index >= 15 is 0 Å². The lowest BCUT2D eigenvalue weighted by Gasteiger charge is -2.09. The van der Waals surface area contributed by atoms with E-state index in [1.54, 1.807) is 31.2 Å². The summed E-state index contributed by atoms with van der Waals surface area (Å²) in [7, 11) is 0. The molecule has 0 aliphatic carbocycles. The van der Waals surface area contributed by atoms with Gasteiger partial charge >= 0.3 is 6.03 Å².